The molecule has 0 radical (unpaired) electrons. The second kappa shape index (κ2) is 7.75. The molecule has 2 aromatic rings. The summed E-state index contributed by atoms with van der Waals surface area (Å²) in [5.41, 5.74) is 3.39. The molecule has 0 aliphatic carbocycles. The fourth-order valence-corrected chi connectivity index (χ4v) is 3.11. The van der Waals surface area contributed by atoms with Crippen molar-refractivity contribution in [3.63, 3.8) is 0 Å². The molecule has 7 heteroatoms. The zero-order chi connectivity index (χ0) is 19.6. The average Bonchev–Trinajstić information content (AvgIpc) is 2.68. The monoisotopic (exact) mass is 370 g/mol. The number of hydrogen-bond donors (Lipinski definition) is 0. The number of carbonyl (C=O) groups is 1. The maximum atomic E-state index is 13.0. The van der Waals surface area contributed by atoms with Crippen LogP contribution in [0.15, 0.2) is 30.3 Å². The molecule has 0 atom stereocenters. The molecule has 0 N–H and O–H groups in total. The molecule has 2 aromatic carbocycles. The van der Waals surface area contributed by atoms with Gasteiger partial charge in [0.25, 0.3) is 5.69 Å². The van der Waals surface area contributed by atoms with Gasteiger partial charge in [-0.15, -0.1) is 0 Å². The van der Waals surface area contributed by atoms with Crippen LogP contribution < -0.4 is 9.64 Å². The predicted octanol–water partition coefficient (Wildman–Crippen LogP) is 3.58. The molecule has 1 fully saturated rings. The van der Waals surface area contributed by atoms with Crippen molar-refractivity contribution in [3.05, 3.63) is 62.7 Å². The van der Waals surface area contributed by atoms with Gasteiger partial charge in [0.2, 0.25) is 0 Å². The fraction of sp³-hybridized carbons (Fsp3) is 0.350. The molecule has 0 unspecified atom stereocenters. The van der Waals surface area contributed by atoms with Crippen molar-refractivity contribution < 1.29 is 19.2 Å². The van der Waals surface area contributed by atoms with Crippen LogP contribution in [0.25, 0.3) is 0 Å². The number of esters is 1. The minimum atomic E-state index is -0.600. The van der Waals surface area contributed by atoms with Crippen LogP contribution in [0.4, 0.5) is 11.4 Å². The van der Waals surface area contributed by atoms with Crippen LogP contribution in [0.2, 0.25) is 0 Å². The van der Waals surface area contributed by atoms with Gasteiger partial charge in [0.05, 0.1) is 29.4 Å². The maximum absolute atomic E-state index is 13.0. The number of morpholine rings is 1. The normalized spacial score (nSPS) is 14.1. The molecule has 142 valence electrons. The number of nitro benzene ring substituents is 1. The van der Waals surface area contributed by atoms with E-state index in [1.807, 2.05) is 37.8 Å². The van der Waals surface area contributed by atoms with Crippen molar-refractivity contribution in [1.82, 2.24) is 0 Å². The molecule has 1 aliphatic heterocycles. The summed E-state index contributed by atoms with van der Waals surface area (Å²) in [7, 11) is 0. The maximum Gasteiger partial charge on any atom is 0.345 e. The van der Waals surface area contributed by atoms with E-state index in [2.05, 4.69) is 0 Å². The first kappa shape index (κ1) is 18.8. The minimum Gasteiger partial charge on any atom is -0.422 e. The topological polar surface area (TPSA) is 81.9 Å². The third kappa shape index (κ3) is 3.93. The molecule has 0 spiro atoms. The molecule has 0 aromatic heterocycles. The van der Waals surface area contributed by atoms with Crippen molar-refractivity contribution in [3.8, 4) is 5.75 Å². The number of anilines is 1. The van der Waals surface area contributed by atoms with E-state index in [1.165, 1.54) is 12.1 Å². The third-order valence-electron chi connectivity index (χ3n) is 4.83. The van der Waals surface area contributed by atoms with Crippen LogP contribution >= 0.6 is 0 Å². The highest BCUT2D eigenvalue weighted by atomic mass is 16.6. The van der Waals surface area contributed by atoms with Crippen molar-refractivity contribution in [2.75, 3.05) is 31.2 Å². The van der Waals surface area contributed by atoms with Gasteiger partial charge in [0.15, 0.2) is 0 Å². The quantitative estimate of drug-likeness (QED) is 0.354. The van der Waals surface area contributed by atoms with Crippen LogP contribution in [0.5, 0.6) is 5.75 Å². The summed E-state index contributed by atoms with van der Waals surface area (Å²) in [6, 6.07) is 8.16. The average molecular weight is 370 g/mol. The molecular weight excluding hydrogens is 348 g/mol. The summed E-state index contributed by atoms with van der Waals surface area (Å²) in [6.07, 6.45) is 0. The summed E-state index contributed by atoms with van der Waals surface area (Å²) in [5, 5.41) is 11.2. The Kier molecular flexibility index (Phi) is 5.41. The smallest absolute Gasteiger partial charge is 0.345 e. The number of non-ortho nitro benzene ring substituents is 1. The van der Waals surface area contributed by atoms with Gasteiger partial charge in [-0.05, 0) is 43.5 Å². The van der Waals surface area contributed by atoms with E-state index in [0.717, 1.165) is 16.7 Å². The number of ether oxygens (including phenoxy) is 2. The first-order valence-electron chi connectivity index (χ1n) is 8.78. The van der Waals surface area contributed by atoms with Crippen molar-refractivity contribution >= 4 is 17.3 Å². The lowest BCUT2D eigenvalue weighted by atomic mass is 10.1. The molecule has 0 bridgehead atoms. The Morgan fingerprint density at radius 1 is 1.11 bits per heavy atom. The molecule has 1 heterocycles. The van der Waals surface area contributed by atoms with Gasteiger partial charge >= 0.3 is 5.97 Å². The summed E-state index contributed by atoms with van der Waals surface area (Å²) >= 11 is 0. The molecular formula is C20H22N2O5. The Morgan fingerprint density at radius 2 is 1.78 bits per heavy atom. The van der Waals surface area contributed by atoms with Crippen molar-refractivity contribution in [2.24, 2.45) is 0 Å². The molecule has 0 saturated carbocycles. The summed E-state index contributed by atoms with van der Waals surface area (Å²) < 4.78 is 11.0. The summed E-state index contributed by atoms with van der Waals surface area (Å²) in [6.45, 7) is 8.01. The van der Waals surface area contributed by atoms with Gasteiger partial charge in [0.1, 0.15) is 5.75 Å². The standard InChI is InChI=1S/C20H22N2O5/c1-13-4-5-14(2)19(15(13)3)27-20(23)17-12-16(22(24)25)6-7-18(17)21-8-10-26-11-9-21/h4-7,12H,8-11H2,1-3H3. The highest BCUT2D eigenvalue weighted by Gasteiger charge is 2.24. The molecule has 27 heavy (non-hydrogen) atoms. The number of nitrogens with zero attached hydrogens (tertiary/aromatic N) is 2. The fourth-order valence-electron chi connectivity index (χ4n) is 3.11. The van der Waals surface area contributed by atoms with E-state index in [4.69, 9.17) is 9.47 Å². The van der Waals surface area contributed by atoms with E-state index in [9.17, 15) is 14.9 Å². The Hall–Kier alpha value is -2.93. The zero-order valence-corrected chi connectivity index (χ0v) is 15.7. The van der Waals surface area contributed by atoms with Crippen LogP contribution in [-0.2, 0) is 4.74 Å². The number of nitro groups is 1. The van der Waals surface area contributed by atoms with Crippen LogP contribution in [0.3, 0.4) is 0 Å². The number of carbonyl (C=O) groups excluding carboxylic acids is 1. The lowest BCUT2D eigenvalue weighted by Crippen LogP contribution is -2.37. The lowest BCUT2D eigenvalue weighted by Gasteiger charge is -2.30. The molecule has 1 aliphatic rings. The number of aryl methyl sites for hydroxylation is 2. The third-order valence-corrected chi connectivity index (χ3v) is 4.83. The second-order valence-corrected chi connectivity index (χ2v) is 6.60. The Morgan fingerprint density at radius 3 is 2.44 bits per heavy atom. The number of hydrogen-bond acceptors (Lipinski definition) is 6. The van der Waals surface area contributed by atoms with E-state index in [0.29, 0.717) is 37.7 Å². The van der Waals surface area contributed by atoms with E-state index >= 15 is 0 Å². The number of benzene rings is 2. The molecule has 7 nitrogen and oxygen atoms in total. The van der Waals surface area contributed by atoms with E-state index < -0.39 is 10.9 Å². The molecule has 3 rings (SSSR count). The van der Waals surface area contributed by atoms with Gasteiger partial charge in [0, 0.05) is 25.2 Å². The van der Waals surface area contributed by atoms with Gasteiger partial charge in [-0.25, -0.2) is 4.79 Å². The first-order valence-corrected chi connectivity index (χ1v) is 8.78. The van der Waals surface area contributed by atoms with Crippen molar-refractivity contribution in [1.29, 1.82) is 0 Å². The minimum absolute atomic E-state index is 0.142. The zero-order valence-electron chi connectivity index (χ0n) is 15.7. The van der Waals surface area contributed by atoms with Crippen LogP contribution in [-0.4, -0.2) is 37.2 Å². The summed E-state index contributed by atoms with van der Waals surface area (Å²) in [5.74, 6) is -0.101. The van der Waals surface area contributed by atoms with Crippen molar-refractivity contribution in [2.45, 2.75) is 20.8 Å². The highest BCUT2D eigenvalue weighted by molar-refractivity contribution is 5.98. The van der Waals surface area contributed by atoms with Gasteiger partial charge < -0.3 is 14.4 Å². The van der Waals surface area contributed by atoms with Crippen LogP contribution in [0, 0.1) is 30.9 Å². The lowest BCUT2D eigenvalue weighted by molar-refractivity contribution is -0.384. The van der Waals surface area contributed by atoms with E-state index in [-0.39, 0.29) is 11.3 Å². The Bertz CT molecular complexity index is 888. The highest BCUT2D eigenvalue weighted by Crippen LogP contribution is 2.30. The van der Waals surface area contributed by atoms with Crippen LogP contribution in [0.1, 0.15) is 27.0 Å². The van der Waals surface area contributed by atoms with Gasteiger partial charge in [-0.3, -0.25) is 10.1 Å². The predicted molar refractivity (Wildman–Crippen MR) is 102 cm³/mol. The first-order chi connectivity index (χ1) is 12.9. The SMILES string of the molecule is Cc1ccc(C)c(OC(=O)c2cc([N+](=O)[O-])ccc2N2CCOCC2)c1C. The van der Waals surface area contributed by atoms with E-state index in [1.54, 1.807) is 6.07 Å². The Balaban J connectivity index is 2.00. The van der Waals surface area contributed by atoms with Gasteiger partial charge in [-0.1, -0.05) is 12.1 Å². The summed E-state index contributed by atoms with van der Waals surface area (Å²) in [4.78, 5) is 25.6. The molecule has 0 amide bonds. The molecule has 1 saturated heterocycles. The largest absolute Gasteiger partial charge is 0.422 e. The van der Waals surface area contributed by atoms with Gasteiger partial charge in [-0.2, -0.15) is 0 Å². The second-order valence-electron chi connectivity index (χ2n) is 6.60. The Labute approximate surface area is 157 Å². The number of rotatable bonds is 4.